The van der Waals surface area contributed by atoms with Gasteiger partial charge in [0.05, 0.1) is 18.6 Å². The quantitative estimate of drug-likeness (QED) is 0.354. The Morgan fingerprint density at radius 2 is 1.88 bits per heavy atom. The van der Waals surface area contributed by atoms with Crippen LogP contribution < -0.4 is 11.1 Å². The molecule has 148 valence electrons. The first-order valence-corrected chi connectivity index (χ1v) is 11.8. The minimum Gasteiger partial charge on any atom is -0.478 e. The van der Waals surface area contributed by atoms with E-state index in [9.17, 15) is 19.5 Å². The van der Waals surface area contributed by atoms with E-state index in [2.05, 4.69) is 5.32 Å². The van der Waals surface area contributed by atoms with Crippen LogP contribution in [0.25, 0.3) is 0 Å². The SMILES string of the molecule is COC(=O)[C@H]1[C@@H]2CC[C@@](N)(C(=O)N[C@@H](O[Si](C)(C)C(C)(C)C)C(=O)O)[C@@H]21. The second kappa shape index (κ2) is 6.61. The summed E-state index contributed by atoms with van der Waals surface area (Å²) in [5.74, 6) is -2.87. The average Bonchev–Trinajstić information content (AvgIpc) is 3.15. The topological polar surface area (TPSA) is 128 Å². The molecule has 1 amide bonds. The zero-order valence-electron chi connectivity index (χ0n) is 16.3. The van der Waals surface area contributed by atoms with Gasteiger partial charge in [0.15, 0.2) is 8.32 Å². The highest BCUT2D eigenvalue weighted by Crippen LogP contribution is 2.61. The van der Waals surface area contributed by atoms with E-state index in [0.717, 1.165) is 0 Å². The predicted octanol–water partition coefficient (Wildman–Crippen LogP) is 1.06. The van der Waals surface area contributed by atoms with Gasteiger partial charge in [-0.3, -0.25) is 9.59 Å². The van der Waals surface area contributed by atoms with Gasteiger partial charge >= 0.3 is 11.9 Å². The monoisotopic (exact) mass is 386 g/mol. The second-order valence-corrected chi connectivity index (χ2v) is 13.6. The van der Waals surface area contributed by atoms with Crippen molar-refractivity contribution in [3.05, 3.63) is 0 Å². The number of carboxylic acids is 1. The summed E-state index contributed by atoms with van der Waals surface area (Å²) in [6.45, 7) is 9.77. The number of nitrogens with two attached hydrogens (primary N) is 1. The molecule has 0 aliphatic heterocycles. The highest BCUT2D eigenvalue weighted by Gasteiger charge is 2.70. The standard InChI is InChI=1S/C17H30N2O6Si/c1-16(2,3)26(5,6)25-12(13(20)21)19-15(23)17(18)8-7-9-10(11(9)17)14(22)24-4/h9-12H,7-8,18H2,1-6H3,(H,19,23)(H,20,21)/t9-,10-,11-,12-,17-/m0/s1. The van der Waals surface area contributed by atoms with Gasteiger partial charge in [-0.1, -0.05) is 20.8 Å². The molecule has 4 N–H and O–H groups in total. The van der Waals surface area contributed by atoms with Crippen molar-refractivity contribution in [3.63, 3.8) is 0 Å². The van der Waals surface area contributed by atoms with E-state index in [1.165, 1.54) is 7.11 Å². The number of carbonyl (C=O) groups excluding carboxylic acids is 2. The van der Waals surface area contributed by atoms with Crippen LogP contribution in [0.1, 0.15) is 33.6 Å². The number of hydrogen-bond donors (Lipinski definition) is 3. The van der Waals surface area contributed by atoms with Crippen molar-refractivity contribution in [2.24, 2.45) is 23.5 Å². The Balaban J connectivity index is 2.11. The Morgan fingerprint density at radius 3 is 2.35 bits per heavy atom. The first-order chi connectivity index (χ1) is 11.8. The highest BCUT2D eigenvalue weighted by molar-refractivity contribution is 6.74. The van der Waals surface area contributed by atoms with Gasteiger partial charge in [-0.05, 0) is 36.9 Å². The van der Waals surface area contributed by atoms with Crippen molar-refractivity contribution in [2.75, 3.05) is 7.11 Å². The molecule has 0 aromatic heterocycles. The minimum absolute atomic E-state index is 0.0304. The van der Waals surface area contributed by atoms with Gasteiger partial charge in [0.1, 0.15) is 0 Å². The first kappa shape index (κ1) is 20.9. The number of fused-ring (bicyclic) bond motifs is 1. The van der Waals surface area contributed by atoms with E-state index in [1.54, 1.807) is 0 Å². The Labute approximate surface area is 154 Å². The maximum atomic E-state index is 12.8. The number of rotatable bonds is 6. The van der Waals surface area contributed by atoms with Gasteiger partial charge < -0.3 is 25.3 Å². The van der Waals surface area contributed by atoms with E-state index < -0.39 is 32.0 Å². The maximum absolute atomic E-state index is 12.8. The van der Waals surface area contributed by atoms with Crippen LogP contribution in [0.3, 0.4) is 0 Å². The number of hydrogen-bond acceptors (Lipinski definition) is 6. The lowest BCUT2D eigenvalue weighted by Crippen LogP contribution is -2.61. The van der Waals surface area contributed by atoms with E-state index in [4.69, 9.17) is 14.9 Å². The zero-order valence-corrected chi connectivity index (χ0v) is 17.3. The number of ether oxygens (including phenoxy) is 1. The average molecular weight is 387 g/mol. The summed E-state index contributed by atoms with van der Waals surface area (Å²) in [5, 5.41) is 11.7. The molecule has 0 spiro atoms. The molecule has 0 unspecified atom stereocenters. The van der Waals surface area contributed by atoms with Crippen molar-refractivity contribution in [2.45, 2.75) is 63.5 Å². The molecule has 2 fully saturated rings. The normalized spacial score (nSPS) is 31.7. The van der Waals surface area contributed by atoms with Crippen LogP contribution in [0, 0.1) is 17.8 Å². The Kier molecular flexibility index (Phi) is 5.30. The van der Waals surface area contributed by atoms with Gasteiger partial charge in [0.2, 0.25) is 12.1 Å². The highest BCUT2D eigenvalue weighted by atomic mass is 28.4. The molecule has 0 aromatic carbocycles. The predicted molar refractivity (Wildman–Crippen MR) is 96.5 cm³/mol. The molecule has 2 rings (SSSR count). The molecule has 0 aromatic rings. The molecule has 2 aliphatic carbocycles. The number of carbonyl (C=O) groups is 3. The summed E-state index contributed by atoms with van der Waals surface area (Å²) in [5.41, 5.74) is 5.04. The van der Waals surface area contributed by atoms with Crippen LogP contribution in [0.2, 0.25) is 18.1 Å². The summed E-state index contributed by atoms with van der Waals surface area (Å²) in [4.78, 5) is 36.2. The third kappa shape index (κ3) is 3.52. The van der Waals surface area contributed by atoms with Gasteiger partial charge in [0, 0.05) is 5.92 Å². The van der Waals surface area contributed by atoms with Crippen LogP contribution in [0.4, 0.5) is 0 Å². The lowest BCUT2D eigenvalue weighted by Gasteiger charge is -2.38. The molecule has 0 radical (unpaired) electrons. The number of esters is 1. The molecule has 0 heterocycles. The van der Waals surface area contributed by atoms with E-state index in [-0.39, 0.29) is 28.8 Å². The molecule has 8 nitrogen and oxygen atoms in total. The number of aliphatic carboxylic acids is 1. The van der Waals surface area contributed by atoms with Crippen molar-refractivity contribution >= 4 is 26.2 Å². The van der Waals surface area contributed by atoms with Crippen molar-refractivity contribution in [3.8, 4) is 0 Å². The third-order valence-electron chi connectivity index (χ3n) is 6.26. The third-order valence-corrected chi connectivity index (χ3v) is 10.7. The molecular formula is C17H30N2O6Si. The molecule has 0 saturated heterocycles. The summed E-state index contributed by atoms with van der Waals surface area (Å²) < 4.78 is 10.6. The van der Waals surface area contributed by atoms with Gasteiger partial charge in [0.25, 0.3) is 0 Å². The number of carboxylic acid groups (broad SMARTS) is 1. The smallest absolute Gasteiger partial charge is 0.353 e. The molecule has 9 heteroatoms. The fourth-order valence-corrected chi connectivity index (χ4v) is 4.70. The second-order valence-electron chi connectivity index (χ2n) is 8.89. The number of methoxy groups -OCH3 is 1. The fourth-order valence-electron chi connectivity index (χ4n) is 3.60. The van der Waals surface area contributed by atoms with Crippen molar-refractivity contribution < 1.29 is 28.7 Å². The van der Waals surface area contributed by atoms with Gasteiger partial charge in [-0.25, -0.2) is 4.79 Å². The van der Waals surface area contributed by atoms with Crippen molar-refractivity contribution in [1.29, 1.82) is 0 Å². The van der Waals surface area contributed by atoms with E-state index in [0.29, 0.717) is 12.8 Å². The van der Waals surface area contributed by atoms with Gasteiger partial charge in [-0.15, -0.1) is 0 Å². The lowest BCUT2D eigenvalue weighted by molar-refractivity contribution is -0.151. The number of amides is 1. The summed E-state index contributed by atoms with van der Waals surface area (Å²) >= 11 is 0. The first-order valence-electron chi connectivity index (χ1n) is 8.84. The molecule has 2 aliphatic rings. The van der Waals surface area contributed by atoms with Crippen LogP contribution >= 0.6 is 0 Å². The maximum Gasteiger partial charge on any atom is 0.353 e. The molecule has 2 saturated carbocycles. The Hall–Kier alpha value is -1.45. The summed E-state index contributed by atoms with van der Waals surface area (Å²) in [6, 6.07) is 0. The van der Waals surface area contributed by atoms with E-state index in [1.807, 2.05) is 33.9 Å². The largest absolute Gasteiger partial charge is 0.478 e. The van der Waals surface area contributed by atoms with Gasteiger partial charge in [-0.2, -0.15) is 0 Å². The fraction of sp³-hybridized carbons (Fsp3) is 0.824. The van der Waals surface area contributed by atoms with Crippen LogP contribution in [0.15, 0.2) is 0 Å². The number of nitrogens with one attached hydrogen (secondary N) is 1. The van der Waals surface area contributed by atoms with Crippen molar-refractivity contribution in [1.82, 2.24) is 5.32 Å². The van der Waals surface area contributed by atoms with Crippen LogP contribution in [-0.2, 0) is 23.5 Å². The van der Waals surface area contributed by atoms with E-state index >= 15 is 0 Å². The lowest BCUT2D eigenvalue weighted by atomic mass is 9.90. The zero-order chi connectivity index (χ0) is 20.1. The van der Waals surface area contributed by atoms with Crippen LogP contribution in [0.5, 0.6) is 0 Å². The molecule has 26 heavy (non-hydrogen) atoms. The summed E-state index contributed by atoms with van der Waals surface area (Å²) in [6.07, 6.45) is -0.401. The Morgan fingerprint density at radius 1 is 1.31 bits per heavy atom. The molecule has 0 bridgehead atoms. The van der Waals surface area contributed by atoms with Crippen LogP contribution in [-0.4, -0.2) is 50.1 Å². The molecule has 5 atom stereocenters. The molecular weight excluding hydrogens is 356 g/mol. The summed E-state index contributed by atoms with van der Waals surface area (Å²) in [7, 11) is -1.11. The minimum atomic E-state index is -2.42. The Bertz CT molecular complexity index is 617.